The normalized spacial score (nSPS) is 12.2. The molecule has 0 aromatic heterocycles. The van der Waals surface area contributed by atoms with E-state index in [1.54, 1.807) is 12.1 Å². The molecular weight excluding hydrogens is 265 g/mol. The van der Waals surface area contributed by atoms with Gasteiger partial charge >= 0.3 is 0 Å². The van der Waals surface area contributed by atoms with Crippen molar-refractivity contribution in [2.24, 2.45) is 0 Å². The van der Waals surface area contributed by atoms with Crippen molar-refractivity contribution in [3.63, 3.8) is 0 Å². The molecule has 1 unspecified atom stereocenters. The van der Waals surface area contributed by atoms with Crippen LogP contribution in [0.25, 0.3) is 0 Å². The van der Waals surface area contributed by atoms with Crippen molar-refractivity contribution in [2.45, 2.75) is 26.3 Å². The highest BCUT2D eigenvalue weighted by Gasteiger charge is 2.14. The Kier molecular flexibility index (Phi) is 5.34. The smallest absolute Gasteiger partial charge is 0.165 e. The summed E-state index contributed by atoms with van der Waals surface area (Å²) in [5, 5.41) is 3.42. The van der Waals surface area contributed by atoms with E-state index in [0.29, 0.717) is 0 Å². The largest absolute Gasteiger partial charge is 0.494 e. The molecule has 0 aliphatic carbocycles. The topological polar surface area (TPSA) is 21.3 Å². The molecule has 3 heteroatoms. The van der Waals surface area contributed by atoms with Crippen molar-refractivity contribution in [1.29, 1.82) is 0 Å². The van der Waals surface area contributed by atoms with Crippen LogP contribution >= 0.6 is 0 Å². The SMILES string of the molecule is CCNC(Cc1cccc(C)c1)c1ccc(OC)c(F)c1. The van der Waals surface area contributed by atoms with Crippen LogP contribution in [-0.4, -0.2) is 13.7 Å². The first-order chi connectivity index (χ1) is 10.1. The minimum atomic E-state index is -0.317. The molecule has 1 atom stereocenters. The third kappa shape index (κ3) is 4.05. The Balaban J connectivity index is 2.24. The number of hydrogen-bond donors (Lipinski definition) is 1. The molecule has 0 bridgehead atoms. The Hall–Kier alpha value is -1.87. The van der Waals surface area contributed by atoms with Gasteiger partial charge in [0, 0.05) is 6.04 Å². The molecule has 0 saturated carbocycles. The van der Waals surface area contributed by atoms with Crippen molar-refractivity contribution < 1.29 is 9.13 Å². The number of likely N-dealkylation sites (N-methyl/N-ethyl adjacent to an activating group) is 1. The van der Waals surface area contributed by atoms with Gasteiger partial charge in [-0.15, -0.1) is 0 Å². The lowest BCUT2D eigenvalue weighted by Gasteiger charge is -2.19. The second kappa shape index (κ2) is 7.23. The number of benzene rings is 2. The third-order valence-electron chi connectivity index (χ3n) is 3.55. The maximum atomic E-state index is 13.9. The van der Waals surface area contributed by atoms with Gasteiger partial charge in [0.25, 0.3) is 0 Å². The molecule has 2 nitrogen and oxygen atoms in total. The van der Waals surface area contributed by atoms with Crippen LogP contribution in [0.4, 0.5) is 4.39 Å². The van der Waals surface area contributed by atoms with E-state index in [-0.39, 0.29) is 17.6 Å². The lowest BCUT2D eigenvalue weighted by Crippen LogP contribution is -2.23. The van der Waals surface area contributed by atoms with E-state index >= 15 is 0 Å². The van der Waals surface area contributed by atoms with E-state index in [1.165, 1.54) is 18.2 Å². The minimum Gasteiger partial charge on any atom is -0.494 e. The highest BCUT2D eigenvalue weighted by atomic mass is 19.1. The number of rotatable bonds is 6. The first-order valence-corrected chi connectivity index (χ1v) is 7.26. The average molecular weight is 287 g/mol. The molecule has 0 aliphatic heterocycles. The van der Waals surface area contributed by atoms with Crippen LogP contribution in [-0.2, 0) is 6.42 Å². The summed E-state index contributed by atoms with van der Waals surface area (Å²) in [4.78, 5) is 0. The molecule has 2 aromatic carbocycles. The molecule has 1 N–H and O–H groups in total. The van der Waals surface area contributed by atoms with Crippen LogP contribution < -0.4 is 10.1 Å². The fourth-order valence-corrected chi connectivity index (χ4v) is 2.53. The molecule has 2 aromatic rings. The van der Waals surface area contributed by atoms with Crippen LogP contribution in [0.1, 0.15) is 29.7 Å². The quantitative estimate of drug-likeness (QED) is 0.866. The Bertz CT molecular complexity index is 598. The molecule has 21 heavy (non-hydrogen) atoms. The number of methoxy groups -OCH3 is 1. The Morgan fingerprint density at radius 2 is 2.00 bits per heavy atom. The second-order valence-electron chi connectivity index (χ2n) is 5.20. The third-order valence-corrected chi connectivity index (χ3v) is 3.55. The zero-order valence-electron chi connectivity index (χ0n) is 12.8. The van der Waals surface area contributed by atoms with Gasteiger partial charge in [0.2, 0.25) is 0 Å². The maximum Gasteiger partial charge on any atom is 0.165 e. The van der Waals surface area contributed by atoms with E-state index in [9.17, 15) is 4.39 Å². The fraction of sp³-hybridized carbons (Fsp3) is 0.333. The Labute approximate surface area is 126 Å². The molecule has 0 radical (unpaired) electrons. The van der Waals surface area contributed by atoms with Gasteiger partial charge in [0.05, 0.1) is 7.11 Å². The summed E-state index contributed by atoms with van der Waals surface area (Å²) in [7, 11) is 1.48. The number of hydrogen-bond acceptors (Lipinski definition) is 2. The number of halogens is 1. The van der Waals surface area contributed by atoms with Gasteiger partial charge in [-0.1, -0.05) is 42.8 Å². The standard InChI is InChI=1S/C18H22FNO/c1-4-20-17(11-14-7-5-6-13(2)10-14)15-8-9-18(21-3)16(19)12-15/h5-10,12,17,20H,4,11H2,1-3H3. The minimum absolute atomic E-state index is 0.0946. The summed E-state index contributed by atoms with van der Waals surface area (Å²) in [6.07, 6.45) is 0.835. The summed E-state index contributed by atoms with van der Waals surface area (Å²) < 4.78 is 18.9. The predicted octanol–water partition coefficient (Wildman–Crippen LogP) is 4.04. The second-order valence-corrected chi connectivity index (χ2v) is 5.20. The van der Waals surface area contributed by atoms with Crippen LogP contribution in [0.2, 0.25) is 0 Å². The number of aryl methyl sites for hydroxylation is 1. The van der Waals surface area contributed by atoms with Crippen molar-refractivity contribution in [2.75, 3.05) is 13.7 Å². The molecule has 0 aliphatic rings. The molecule has 112 valence electrons. The van der Waals surface area contributed by atoms with Crippen LogP contribution in [0, 0.1) is 12.7 Å². The van der Waals surface area contributed by atoms with Gasteiger partial charge < -0.3 is 10.1 Å². The lowest BCUT2D eigenvalue weighted by molar-refractivity contribution is 0.385. The molecule has 2 rings (SSSR count). The monoisotopic (exact) mass is 287 g/mol. The molecule has 0 amide bonds. The molecular formula is C18H22FNO. The van der Waals surface area contributed by atoms with Gasteiger partial charge in [0.1, 0.15) is 0 Å². The highest BCUT2D eigenvalue weighted by Crippen LogP contribution is 2.24. The van der Waals surface area contributed by atoms with E-state index in [1.807, 2.05) is 6.07 Å². The van der Waals surface area contributed by atoms with Gasteiger partial charge in [0.15, 0.2) is 11.6 Å². The lowest BCUT2D eigenvalue weighted by atomic mass is 9.97. The van der Waals surface area contributed by atoms with Crippen LogP contribution in [0.5, 0.6) is 5.75 Å². The zero-order chi connectivity index (χ0) is 15.2. The predicted molar refractivity (Wildman–Crippen MR) is 84.3 cm³/mol. The number of nitrogens with one attached hydrogen (secondary N) is 1. The van der Waals surface area contributed by atoms with E-state index in [2.05, 4.69) is 43.4 Å². The molecule has 0 heterocycles. The summed E-state index contributed by atoms with van der Waals surface area (Å²) in [6.45, 7) is 4.98. The van der Waals surface area contributed by atoms with Crippen molar-refractivity contribution in [3.05, 3.63) is 65.0 Å². The van der Waals surface area contributed by atoms with Crippen molar-refractivity contribution in [3.8, 4) is 5.75 Å². The van der Waals surface area contributed by atoms with Gasteiger partial charge in [-0.3, -0.25) is 0 Å². The average Bonchev–Trinajstić information content (AvgIpc) is 2.47. The fourth-order valence-electron chi connectivity index (χ4n) is 2.53. The van der Waals surface area contributed by atoms with E-state index in [0.717, 1.165) is 18.5 Å². The number of ether oxygens (including phenoxy) is 1. The Morgan fingerprint density at radius 3 is 2.62 bits per heavy atom. The van der Waals surface area contributed by atoms with Crippen molar-refractivity contribution in [1.82, 2.24) is 5.32 Å². The van der Waals surface area contributed by atoms with E-state index in [4.69, 9.17) is 4.74 Å². The van der Waals surface area contributed by atoms with Gasteiger partial charge in [-0.25, -0.2) is 4.39 Å². The van der Waals surface area contributed by atoms with Crippen molar-refractivity contribution >= 4 is 0 Å². The summed E-state index contributed by atoms with van der Waals surface area (Å²) >= 11 is 0. The van der Waals surface area contributed by atoms with Crippen LogP contribution in [0.15, 0.2) is 42.5 Å². The molecule has 0 fully saturated rings. The molecule has 0 spiro atoms. The van der Waals surface area contributed by atoms with Gasteiger partial charge in [-0.2, -0.15) is 0 Å². The summed E-state index contributed by atoms with van der Waals surface area (Å²) in [6, 6.07) is 13.7. The Morgan fingerprint density at radius 1 is 1.19 bits per heavy atom. The first kappa shape index (κ1) is 15.5. The highest BCUT2D eigenvalue weighted by molar-refractivity contribution is 5.32. The summed E-state index contributed by atoms with van der Waals surface area (Å²) in [5.41, 5.74) is 3.43. The first-order valence-electron chi connectivity index (χ1n) is 7.26. The van der Waals surface area contributed by atoms with E-state index < -0.39 is 0 Å². The van der Waals surface area contributed by atoms with Crippen LogP contribution in [0.3, 0.4) is 0 Å². The maximum absolute atomic E-state index is 13.9. The van der Waals surface area contributed by atoms with Gasteiger partial charge in [-0.05, 0) is 43.1 Å². The molecule has 0 saturated heterocycles. The zero-order valence-corrected chi connectivity index (χ0v) is 12.8. The summed E-state index contributed by atoms with van der Waals surface area (Å²) in [5.74, 6) is -0.0355.